The summed E-state index contributed by atoms with van der Waals surface area (Å²) < 4.78 is 22.9. The molecular formula is C19H23NO3S2. The van der Waals surface area contributed by atoms with E-state index in [0.29, 0.717) is 5.75 Å². The average Bonchev–Trinajstić information content (AvgIpc) is 2.56. The lowest BCUT2D eigenvalue weighted by molar-refractivity contribution is -0.119. The van der Waals surface area contributed by atoms with Gasteiger partial charge in [0.2, 0.25) is 5.91 Å². The topological polar surface area (TPSA) is 63.2 Å². The zero-order valence-corrected chi connectivity index (χ0v) is 16.3. The Hall–Kier alpha value is -1.79. The maximum Gasteiger partial charge on any atom is 0.230 e. The summed E-state index contributed by atoms with van der Waals surface area (Å²) in [5.74, 6) is 1.15. The van der Waals surface area contributed by atoms with E-state index in [1.54, 1.807) is 36.0 Å². The van der Waals surface area contributed by atoms with Crippen LogP contribution in [0.25, 0.3) is 0 Å². The zero-order chi connectivity index (χ0) is 18.4. The lowest BCUT2D eigenvalue weighted by Crippen LogP contribution is -2.28. The first-order valence-electron chi connectivity index (χ1n) is 7.98. The van der Waals surface area contributed by atoms with E-state index in [1.165, 1.54) is 17.4 Å². The van der Waals surface area contributed by atoms with E-state index in [9.17, 15) is 13.2 Å². The molecule has 0 aliphatic heterocycles. The minimum absolute atomic E-state index is 0.0307. The lowest BCUT2D eigenvalue weighted by atomic mass is 10.1. The van der Waals surface area contributed by atoms with Gasteiger partial charge in [-0.05, 0) is 37.1 Å². The number of rotatable bonds is 7. The molecule has 1 amide bonds. The van der Waals surface area contributed by atoms with Crippen molar-refractivity contribution in [2.75, 3.05) is 12.0 Å². The largest absolute Gasteiger partial charge is 0.349 e. The molecule has 1 N–H and O–H groups in total. The standard InChI is InChI=1S/C19H23NO3S2/c1-14-4-6-16(7-5-14)12-24-13-19(21)20-15(2)17-8-10-18(11-9-17)25(3,22)23/h4-11,15H,12-13H2,1-3H3,(H,20,21)/t15-/m1/s1. The van der Waals surface area contributed by atoms with E-state index in [4.69, 9.17) is 0 Å². The molecule has 2 aromatic rings. The van der Waals surface area contributed by atoms with Crippen molar-refractivity contribution in [3.05, 3.63) is 65.2 Å². The maximum atomic E-state index is 12.1. The number of aryl methyl sites for hydroxylation is 1. The minimum atomic E-state index is -3.20. The van der Waals surface area contributed by atoms with E-state index in [-0.39, 0.29) is 16.8 Å². The van der Waals surface area contributed by atoms with Crippen LogP contribution in [-0.2, 0) is 20.4 Å². The third kappa shape index (κ3) is 6.21. The third-order valence-electron chi connectivity index (χ3n) is 3.81. The maximum absolute atomic E-state index is 12.1. The van der Waals surface area contributed by atoms with Gasteiger partial charge in [-0.25, -0.2) is 8.42 Å². The van der Waals surface area contributed by atoms with Crippen molar-refractivity contribution in [1.82, 2.24) is 5.32 Å². The first-order valence-corrected chi connectivity index (χ1v) is 11.0. The van der Waals surface area contributed by atoms with Crippen molar-refractivity contribution in [3.8, 4) is 0 Å². The highest BCUT2D eigenvalue weighted by molar-refractivity contribution is 7.99. The van der Waals surface area contributed by atoms with Gasteiger partial charge in [0.25, 0.3) is 0 Å². The fourth-order valence-electron chi connectivity index (χ4n) is 2.32. The predicted molar refractivity (Wildman–Crippen MR) is 103 cm³/mol. The van der Waals surface area contributed by atoms with Crippen LogP contribution >= 0.6 is 11.8 Å². The molecule has 0 radical (unpaired) electrons. The summed E-state index contributed by atoms with van der Waals surface area (Å²) in [6.45, 7) is 3.94. The summed E-state index contributed by atoms with van der Waals surface area (Å²) in [6.07, 6.45) is 1.18. The molecule has 0 saturated carbocycles. The molecule has 6 heteroatoms. The van der Waals surface area contributed by atoms with Crippen LogP contribution in [-0.4, -0.2) is 26.3 Å². The first kappa shape index (κ1) is 19.5. The Balaban J connectivity index is 1.82. The number of carbonyl (C=O) groups excluding carboxylic acids is 1. The summed E-state index contributed by atoms with van der Waals surface area (Å²) in [6, 6.07) is 14.7. The van der Waals surface area contributed by atoms with E-state index in [2.05, 4.69) is 29.6 Å². The van der Waals surface area contributed by atoms with E-state index in [1.807, 2.05) is 13.8 Å². The third-order valence-corrected chi connectivity index (χ3v) is 5.94. The summed E-state index contributed by atoms with van der Waals surface area (Å²) in [5.41, 5.74) is 3.30. The first-order chi connectivity index (χ1) is 11.8. The van der Waals surface area contributed by atoms with Gasteiger partial charge in [0, 0.05) is 12.0 Å². The van der Waals surface area contributed by atoms with Crippen LogP contribution in [0.3, 0.4) is 0 Å². The van der Waals surface area contributed by atoms with E-state index in [0.717, 1.165) is 11.3 Å². The monoisotopic (exact) mass is 377 g/mol. The van der Waals surface area contributed by atoms with E-state index >= 15 is 0 Å². The van der Waals surface area contributed by atoms with Gasteiger partial charge in [-0.15, -0.1) is 11.8 Å². The fourth-order valence-corrected chi connectivity index (χ4v) is 3.75. The summed E-state index contributed by atoms with van der Waals surface area (Å²) in [4.78, 5) is 12.4. The van der Waals surface area contributed by atoms with Gasteiger partial charge in [0.05, 0.1) is 16.7 Å². The van der Waals surface area contributed by atoms with Gasteiger partial charge in [0.1, 0.15) is 0 Å². The molecule has 0 aromatic heterocycles. The summed E-state index contributed by atoms with van der Waals surface area (Å²) in [7, 11) is -3.20. The molecule has 4 nitrogen and oxygen atoms in total. The molecule has 0 aliphatic rings. The molecule has 0 unspecified atom stereocenters. The number of thioether (sulfide) groups is 1. The van der Waals surface area contributed by atoms with Crippen LogP contribution in [0.2, 0.25) is 0 Å². The van der Waals surface area contributed by atoms with Crippen molar-refractivity contribution in [2.45, 2.75) is 30.5 Å². The quantitative estimate of drug-likeness (QED) is 0.802. The number of hydrogen-bond donors (Lipinski definition) is 1. The molecular weight excluding hydrogens is 354 g/mol. The van der Waals surface area contributed by atoms with E-state index < -0.39 is 9.84 Å². The molecule has 25 heavy (non-hydrogen) atoms. The fraction of sp³-hybridized carbons (Fsp3) is 0.316. The normalized spacial score (nSPS) is 12.6. The van der Waals surface area contributed by atoms with Gasteiger partial charge in [-0.3, -0.25) is 4.79 Å². The van der Waals surface area contributed by atoms with Crippen molar-refractivity contribution in [3.63, 3.8) is 0 Å². The van der Waals surface area contributed by atoms with Gasteiger partial charge in [-0.2, -0.15) is 0 Å². The number of hydrogen-bond acceptors (Lipinski definition) is 4. The molecule has 0 spiro atoms. The van der Waals surface area contributed by atoms with Crippen molar-refractivity contribution in [2.24, 2.45) is 0 Å². The van der Waals surface area contributed by atoms with Crippen molar-refractivity contribution >= 4 is 27.5 Å². The molecule has 1 atom stereocenters. The highest BCUT2D eigenvalue weighted by Crippen LogP contribution is 2.17. The molecule has 134 valence electrons. The van der Waals surface area contributed by atoms with Gasteiger partial charge >= 0.3 is 0 Å². The Morgan fingerprint density at radius 2 is 1.68 bits per heavy atom. The molecule has 2 aromatic carbocycles. The van der Waals surface area contributed by atoms with Crippen LogP contribution in [0.4, 0.5) is 0 Å². The van der Waals surface area contributed by atoms with Crippen molar-refractivity contribution < 1.29 is 13.2 Å². The van der Waals surface area contributed by atoms with Crippen LogP contribution < -0.4 is 5.32 Å². The Morgan fingerprint density at radius 1 is 1.08 bits per heavy atom. The molecule has 0 heterocycles. The molecule has 0 fully saturated rings. The second-order valence-electron chi connectivity index (χ2n) is 6.11. The number of amides is 1. The summed E-state index contributed by atoms with van der Waals surface area (Å²) >= 11 is 1.57. The van der Waals surface area contributed by atoms with Crippen LogP contribution in [0.5, 0.6) is 0 Å². The van der Waals surface area contributed by atoms with Gasteiger partial charge in [0.15, 0.2) is 9.84 Å². The predicted octanol–water partition coefficient (Wildman–Crippen LogP) is 3.51. The Bertz CT molecular complexity index is 813. The average molecular weight is 378 g/mol. The Kier molecular flexibility index (Phi) is 6.67. The van der Waals surface area contributed by atoms with Crippen molar-refractivity contribution in [1.29, 1.82) is 0 Å². The molecule has 2 rings (SSSR count). The zero-order valence-electron chi connectivity index (χ0n) is 14.7. The summed E-state index contributed by atoms with van der Waals surface area (Å²) in [5, 5.41) is 2.94. The molecule has 0 aliphatic carbocycles. The van der Waals surface area contributed by atoms with Gasteiger partial charge < -0.3 is 5.32 Å². The Labute approximate surface area is 154 Å². The Morgan fingerprint density at radius 3 is 2.24 bits per heavy atom. The van der Waals surface area contributed by atoms with Crippen LogP contribution in [0.1, 0.15) is 29.7 Å². The second-order valence-corrected chi connectivity index (χ2v) is 9.11. The number of nitrogens with one attached hydrogen (secondary N) is 1. The highest BCUT2D eigenvalue weighted by atomic mass is 32.2. The molecule has 0 saturated heterocycles. The SMILES string of the molecule is Cc1ccc(CSCC(=O)N[C@H](C)c2ccc(S(C)(=O)=O)cc2)cc1. The van der Waals surface area contributed by atoms with Gasteiger partial charge in [-0.1, -0.05) is 42.0 Å². The highest BCUT2D eigenvalue weighted by Gasteiger charge is 2.12. The minimum Gasteiger partial charge on any atom is -0.349 e. The second kappa shape index (κ2) is 8.54. The smallest absolute Gasteiger partial charge is 0.230 e. The lowest BCUT2D eigenvalue weighted by Gasteiger charge is -2.14. The van der Waals surface area contributed by atoms with Crippen LogP contribution in [0.15, 0.2) is 53.4 Å². The number of carbonyl (C=O) groups is 1. The number of sulfone groups is 1. The van der Waals surface area contributed by atoms with Crippen LogP contribution in [0, 0.1) is 6.92 Å². The molecule has 0 bridgehead atoms. The number of benzene rings is 2.